The van der Waals surface area contributed by atoms with Gasteiger partial charge in [-0.05, 0) is 35.6 Å². The molecule has 0 spiro atoms. The van der Waals surface area contributed by atoms with E-state index in [4.69, 9.17) is 0 Å². The first-order valence-electron chi connectivity index (χ1n) is 6.47. The molecule has 5 heteroatoms. The SMILES string of the molecule is O=[N+]([O-])c1ccccc1SN1CCc2ccccc2C1. The largest absolute Gasteiger partial charge is 0.284 e. The fourth-order valence-electron chi connectivity index (χ4n) is 2.37. The lowest BCUT2D eigenvalue weighted by atomic mass is 10.0. The Hall–Kier alpha value is -1.85. The van der Waals surface area contributed by atoms with Crippen LogP contribution >= 0.6 is 11.9 Å². The minimum Gasteiger partial charge on any atom is -0.258 e. The van der Waals surface area contributed by atoms with Gasteiger partial charge >= 0.3 is 0 Å². The average Bonchev–Trinajstić information content (AvgIpc) is 2.47. The van der Waals surface area contributed by atoms with Gasteiger partial charge in [-0.1, -0.05) is 36.4 Å². The number of benzene rings is 2. The highest BCUT2D eigenvalue weighted by Gasteiger charge is 2.20. The third-order valence-electron chi connectivity index (χ3n) is 3.39. The molecule has 2 aromatic carbocycles. The van der Waals surface area contributed by atoms with Crippen LogP contribution < -0.4 is 0 Å². The topological polar surface area (TPSA) is 46.4 Å². The zero-order valence-electron chi connectivity index (χ0n) is 10.9. The molecule has 1 heterocycles. The van der Waals surface area contributed by atoms with Crippen molar-refractivity contribution in [1.82, 2.24) is 4.31 Å². The molecule has 102 valence electrons. The molecule has 0 bridgehead atoms. The summed E-state index contributed by atoms with van der Waals surface area (Å²) in [6, 6.07) is 15.3. The summed E-state index contributed by atoms with van der Waals surface area (Å²) < 4.78 is 2.19. The molecule has 0 fully saturated rings. The van der Waals surface area contributed by atoms with Crippen molar-refractivity contribution in [3.05, 3.63) is 69.8 Å². The molecule has 0 unspecified atom stereocenters. The maximum absolute atomic E-state index is 11.0. The van der Waals surface area contributed by atoms with Crippen LogP contribution in [0.4, 0.5) is 5.69 Å². The number of nitrogens with zero attached hydrogens (tertiary/aromatic N) is 2. The number of hydrogen-bond acceptors (Lipinski definition) is 4. The Bertz CT molecular complexity index is 645. The van der Waals surface area contributed by atoms with Gasteiger partial charge in [0.2, 0.25) is 0 Å². The summed E-state index contributed by atoms with van der Waals surface area (Å²) in [5.74, 6) is 0. The van der Waals surface area contributed by atoms with Crippen LogP contribution in [0.2, 0.25) is 0 Å². The van der Waals surface area contributed by atoms with Crippen molar-refractivity contribution in [2.75, 3.05) is 6.54 Å². The van der Waals surface area contributed by atoms with E-state index in [1.54, 1.807) is 12.1 Å². The summed E-state index contributed by atoms with van der Waals surface area (Å²) in [4.78, 5) is 11.4. The van der Waals surface area contributed by atoms with Crippen LogP contribution in [0.1, 0.15) is 11.1 Å². The van der Waals surface area contributed by atoms with E-state index in [9.17, 15) is 10.1 Å². The summed E-state index contributed by atoms with van der Waals surface area (Å²) >= 11 is 1.47. The predicted octanol–water partition coefficient (Wildman–Crippen LogP) is 3.66. The Kier molecular flexibility index (Phi) is 3.71. The molecular weight excluding hydrogens is 272 g/mol. The van der Waals surface area contributed by atoms with E-state index in [-0.39, 0.29) is 10.6 Å². The summed E-state index contributed by atoms with van der Waals surface area (Å²) in [6.07, 6.45) is 0.990. The molecule has 0 saturated heterocycles. The smallest absolute Gasteiger partial charge is 0.258 e. The molecule has 3 rings (SSSR count). The highest BCUT2D eigenvalue weighted by molar-refractivity contribution is 7.97. The van der Waals surface area contributed by atoms with E-state index < -0.39 is 0 Å². The van der Waals surface area contributed by atoms with Gasteiger partial charge in [0.15, 0.2) is 0 Å². The average molecular weight is 286 g/mol. The van der Waals surface area contributed by atoms with Gasteiger partial charge in [0.05, 0.1) is 4.92 Å². The lowest BCUT2D eigenvalue weighted by Gasteiger charge is -2.27. The van der Waals surface area contributed by atoms with E-state index in [2.05, 4.69) is 22.5 Å². The van der Waals surface area contributed by atoms with E-state index in [0.717, 1.165) is 19.5 Å². The van der Waals surface area contributed by atoms with Crippen LogP contribution in [-0.4, -0.2) is 15.8 Å². The normalized spacial score (nSPS) is 14.8. The maximum atomic E-state index is 11.0. The van der Waals surface area contributed by atoms with E-state index >= 15 is 0 Å². The van der Waals surface area contributed by atoms with Crippen LogP contribution in [0.25, 0.3) is 0 Å². The molecule has 0 amide bonds. The first-order valence-corrected chi connectivity index (χ1v) is 7.24. The Morgan fingerprint density at radius 1 is 1.05 bits per heavy atom. The number of fused-ring (bicyclic) bond motifs is 1. The van der Waals surface area contributed by atoms with E-state index in [1.165, 1.54) is 23.1 Å². The van der Waals surface area contributed by atoms with Gasteiger partial charge in [0.1, 0.15) is 4.90 Å². The second-order valence-corrected chi connectivity index (χ2v) is 5.84. The molecule has 0 atom stereocenters. The van der Waals surface area contributed by atoms with Crippen LogP contribution in [0, 0.1) is 10.1 Å². The highest BCUT2D eigenvalue weighted by atomic mass is 32.2. The molecular formula is C15H14N2O2S. The first kappa shape index (κ1) is 13.1. The fraction of sp³-hybridized carbons (Fsp3) is 0.200. The molecule has 0 radical (unpaired) electrons. The second-order valence-electron chi connectivity index (χ2n) is 4.70. The Morgan fingerprint density at radius 3 is 2.55 bits per heavy atom. The van der Waals surface area contributed by atoms with Gasteiger partial charge in [-0.15, -0.1) is 0 Å². The van der Waals surface area contributed by atoms with Crippen LogP contribution in [0.15, 0.2) is 53.4 Å². The molecule has 1 aliphatic rings. The highest BCUT2D eigenvalue weighted by Crippen LogP contribution is 2.34. The van der Waals surface area contributed by atoms with E-state index in [0.29, 0.717) is 4.90 Å². The van der Waals surface area contributed by atoms with Crippen molar-refractivity contribution in [1.29, 1.82) is 0 Å². The Labute approximate surface area is 121 Å². The zero-order chi connectivity index (χ0) is 13.9. The summed E-state index contributed by atoms with van der Waals surface area (Å²) in [5, 5.41) is 11.0. The van der Waals surface area contributed by atoms with Crippen LogP contribution in [0.3, 0.4) is 0 Å². The maximum Gasteiger partial charge on any atom is 0.284 e. The fourth-order valence-corrected chi connectivity index (χ4v) is 3.41. The van der Waals surface area contributed by atoms with Crippen molar-refractivity contribution in [3.63, 3.8) is 0 Å². The number of nitro groups is 1. The zero-order valence-corrected chi connectivity index (χ0v) is 11.7. The lowest BCUT2D eigenvalue weighted by Crippen LogP contribution is -2.24. The van der Waals surface area contributed by atoms with Crippen LogP contribution in [-0.2, 0) is 13.0 Å². The molecule has 1 aliphatic heterocycles. The number of rotatable bonds is 3. The van der Waals surface area contributed by atoms with Crippen molar-refractivity contribution in [2.24, 2.45) is 0 Å². The lowest BCUT2D eigenvalue weighted by molar-refractivity contribution is -0.387. The summed E-state index contributed by atoms with van der Waals surface area (Å²) in [5.41, 5.74) is 2.87. The first-order chi connectivity index (χ1) is 9.74. The Balaban J connectivity index is 1.79. The van der Waals surface area contributed by atoms with Gasteiger partial charge in [-0.3, -0.25) is 10.1 Å². The van der Waals surface area contributed by atoms with Gasteiger partial charge < -0.3 is 0 Å². The third kappa shape index (κ3) is 2.69. The molecule has 4 nitrogen and oxygen atoms in total. The van der Waals surface area contributed by atoms with Crippen LogP contribution in [0.5, 0.6) is 0 Å². The van der Waals surface area contributed by atoms with Crippen molar-refractivity contribution >= 4 is 17.6 Å². The number of nitro benzene ring substituents is 1. The van der Waals surface area contributed by atoms with Gasteiger partial charge in [0, 0.05) is 19.2 Å². The molecule has 20 heavy (non-hydrogen) atoms. The molecule has 0 aliphatic carbocycles. The van der Waals surface area contributed by atoms with Crippen molar-refractivity contribution in [2.45, 2.75) is 17.9 Å². The molecule has 0 N–H and O–H groups in total. The van der Waals surface area contributed by atoms with Gasteiger partial charge in [-0.2, -0.15) is 0 Å². The number of para-hydroxylation sites is 1. The minimum atomic E-state index is -0.319. The van der Waals surface area contributed by atoms with Crippen molar-refractivity contribution < 1.29 is 4.92 Å². The van der Waals surface area contributed by atoms with Gasteiger partial charge in [-0.25, -0.2) is 4.31 Å². The van der Waals surface area contributed by atoms with E-state index in [1.807, 2.05) is 18.2 Å². The predicted molar refractivity (Wildman–Crippen MR) is 79.5 cm³/mol. The second kappa shape index (κ2) is 5.64. The van der Waals surface area contributed by atoms with Crippen molar-refractivity contribution in [3.8, 4) is 0 Å². The Morgan fingerprint density at radius 2 is 1.75 bits per heavy atom. The van der Waals surface area contributed by atoms with Gasteiger partial charge in [0.25, 0.3) is 5.69 Å². The molecule has 0 aromatic heterocycles. The molecule has 2 aromatic rings. The monoisotopic (exact) mass is 286 g/mol. The summed E-state index contributed by atoms with van der Waals surface area (Å²) in [7, 11) is 0. The minimum absolute atomic E-state index is 0.177. The third-order valence-corrected chi connectivity index (χ3v) is 4.50. The number of hydrogen-bond donors (Lipinski definition) is 0. The molecule has 0 saturated carbocycles. The standard InChI is InChI=1S/C15H14N2O2S/c18-17(19)14-7-3-4-8-15(14)20-16-10-9-12-5-1-2-6-13(12)11-16/h1-8H,9-11H2. The quantitative estimate of drug-likeness (QED) is 0.491. The summed E-state index contributed by atoms with van der Waals surface area (Å²) in [6.45, 7) is 1.74.